The second-order valence-electron chi connectivity index (χ2n) is 4.69. The summed E-state index contributed by atoms with van der Waals surface area (Å²) in [6.07, 6.45) is 3.50. The molecule has 0 aliphatic heterocycles. The summed E-state index contributed by atoms with van der Waals surface area (Å²) in [7, 11) is 0. The van der Waals surface area contributed by atoms with Crippen molar-refractivity contribution in [3.05, 3.63) is 18.0 Å². The number of hydrogen-bond acceptors (Lipinski definition) is 3. The van der Waals surface area contributed by atoms with Crippen LogP contribution < -0.4 is 5.73 Å². The van der Waals surface area contributed by atoms with E-state index in [0.717, 1.165) is 31.7 Å². The topological polar surface area (TPSA) is 64.2 Å². The molecule has 108 valence electrons. The van der Waals surface area contributed by atoms with Crippen molar-refractivity contribution in [2.75, 3.05) is 19.6 Å². The fourth-order valence-electron chi connectivity index (χ4n) is 2.26. The summed E-state index contributed by atoms with van der Waals surface area (Å²) in [6, 6.07) is 1.98. The number of aryl methyl sites for hydroxylation is 1. The van der Waals surface area contributed by atoms with Gasteiger partial charge in [-0.1, -0.05) is 6.92 Å². The Balaban J connectivity index is 2.75. The molecule has 1 heterocycles. The van der Waals surface area contributed by atoms with E-state index in [2.05, 4.69) is 12.0 Å². The third kappa shape index (κ3) is 4.06. The molecule has 5 nitrogen and oxygen atoms in total. The molecule has 0 aromatic carbocycles. The van der Waals surface area contributed by atoms with E-state index in [4.69, 9.17) is 5.73 Å². The van der Waals surface area contributed by atoms with Gasteiger partial charge in [0.2, 0.25) is 5.91 Å². The summed E-state index contributed by atoms with van der Waals surface area (Å²) in [4.78, 5) is 14.2. The largest absolute Gasteiger partial charge is 0.343 e. The van der Waals surface area contributed by atoms with Gasteiger partial charge < -0.3 is 10.6 Å². The van der Waals surface area contributed by atoms with Gasteiger partial charge in [-0.2, -0.15) is 5.10 Å². The van der Waals surface area contributed by atoms with Crippen molar-refractivity contribution < 1.29 is 4.79 Å². The molecule has 0 saturated carbocycles. The van der Waals surface area contributed by atoms with Crippen LogP contribution in [0.25, 0.3) is 0 Å². The molecule has 0 fully saturated rings. The summed E-state index contributed by atoms with van der Waals surface area (Å²) in [5.41, 5.74) is 6.88. The van der Waals surface area contributed by atoms with Crippen molar-refractivity contribution in [2.24, 2.45) is 11.7 Å². The van der Waals surface area contributed by atoms with Gasteiger partial charge in [-0.3, -0.25) is 9.48 Å². The number of carbonyl (C=O) groups is 1. The molecule has 0 radical (unpaired) electrons. The van der Waals surface area contributed by atoms with Gasteiger partial charge in [0.15, 0.2) is 0 Å². The molecule has 2 N–H and O–H groups in total. The summed E-state index contributed by atoms with van der Waals surface area (Å²) in [5, 5.41) is 4.29. The van der Waals surface area contributed by atoms with E-state index in [-0.39, 0.29) is 11.8 Å². The van der Waals surface area contributed by atoms with E-state index in [1.165, 1.54) is 0 Å². The van der Waals surface area contributed by atoms with E-state index in [1.807, 2.05) is 29.5 Å². The molecule has 1 atom stereocenters. The van der Waals surface area contributed by atoms with Gasteiger partial charge in [0.05, 0.1) is 5.92 Å². The minimum atomic E-state index is -0.146. The number of amides is 1. The van der Waals surface area contributed by atoms with Crippen molar-refractivity contribution in [3.8, 4) is 0 Å². The van der Waals surface area contributed by atoms with Crippen LogP contribution >= 0.6 is 0 Å². The van der Waals surface area contributed by atoms with Gasteiger partial charge >= 0.3 is 0 Å². The zero-order valence-electron chi connectivity index (χ0n) is 12.3. The Labute approximate surface area is 115 Å². The maximum absolute atomic E-state index is 12.3. The lowest BCUT2D eigenvalue weighted by molar-refractivity contribution is -0.134. The Morgan fingerprint density at radius 3 is 2.63 bits per heavy atom. The van der Waals surface area contributed by atoms with Gasteiger partial charge in [0.1, 0.15) is 0 Å². The van der Waals surface area contributed by atoms with Gasteiger partial charge in [-0.25, -0.2) is 0 Å². The number of hydrogen-bond donors (Lipinski definition) is 1. The van der Waals surface area contributed by atoms with Crippen LogP contribution in [0.4, 0.5) is 0 Å². The Kier molecular flexibility index (Phi) is 6.56. The normalized spacial score (nSPS) is 12.4. The molecular formula is C14H26N4O. The lowest BCUT2D eigenvalue weighted by Crippen LogP contribution is -2.40. The van der Waals surface area contributed by atoms with Gasteiger partial charge in [0.25, 0.3) is 0 Å². The Morgan fingerprint density at radius 2 is 2.11 bits per heavy atom. The second kappa shape index (κ2) is 7.94. The van der Waals surface area contributed by atoms with Crippen molar-refractivity contribution in [2.45, 2.75) is 40.2 Å². The molecule has 0 aliphatic rings. The molecule has 1 aromatic rings. The van der Waals surface area contributed by atoms with Crippen molar-refractivity contribution in [3.63, 3.8) is 0 Å². The first-order valence-corrected chi connectivity index (χ1v) is 7.17. The lowest BCUT2D eigenvalue weighted by Gasteiger charge is -2.24. The highest BCUT2D eigenvalue weighted by Crippen LogP contribution is 2.11. The predicted octanol–water partition coefficient (Wildman–Crippen LogP) is 1.28. The maximum Gasteiger partial charge on any atom is 0.227 e. The van der Waals surface area contributed by atoms with Crippen LogP contribution in [-0.4, -0.2) is 40.2 Å². The van der Waals surface area contributed by atoms with Crippen LogP contribution in [0, 0.1) is 5.92 Å². The fourth-order valence-corrected chi connectivity index (χ4v) is 2.26. The smallest absolute Gasteiger partial charge is 0.227 e. The molecule has 5 heteroatoms. The predicted molar refractivity (Wildman–Crippen MR) is 76.7 cm³/mol. The number of nitrogens with two attached hydrogens (primary N) is 1. The Hall–Kier alpha value is -1.36. The fraction of sp³-hybridized carbons (Fsp3) is 0.714. The number of carbonyl (C=O) groups excluding carboxylic acids is 1. The molecule has 0 aliphatic carbocycles. The third-order valence-corrected chi connectivity index (χ3v) is 3.40. The summed E-state index contributed by atoms with van der Waals surface area (Å²) < 4.78 is 1.97. The first kappa shape index (κ1) is 15.7. The van der Waals surface area contributed by atoms with Gasteiger partial charge in [-0.05, 0) is 26.3 Å². The first-order valence-electron chi connectivity index (χ1n) is 7.17. The van der Waals surface area contributed by atoms with Crippen LogP contribution in [0.15, 0.2) is 12.3 Å². The zero-order valence-corrected chi connectivity index (χ0v) is 12.3. The Bertz CT molecular complexity index is 385. The van der Waals surface area contributed by atoms with Crippen LogP contribution in [0.2, 0.25) is 0 Å². The summed E-state index contributed by atoms with van der Waals surface area (Å²) in [5.74, 6) is 0.00366. The number of aromatic nitrogens is 2. The summed E-state index contributed by atoms with van der Waals surface area (Å²) in [6.45, 7) is 8.85. The zero-order chi connectivity index (χ0) is 14.3. The lowest BCUT2D eigenvalue weighted by atomic mass is 10.0. The molecule has 0 saturated heterocycles. The minimum absolute atomic E-state index is 0.146. The van der Waals surface area contributed by atoms with Gasteiger partial charge in [-0.15, -0.1) is 0 Å². The minimum Gasteiger partial charge on any atom is -0.343 e. The number of rotatable bonds is 8. The molecule has 1 rings (SSSR count). The SMILES string of the molecule is CCCn1nccc1CC(CN)C(=O)N(CC)CC. The average Bonchev–Trinajstić information content (AvgIpc) is 2.85. The molecule has 1 amide bonds. The standard InChI is InChI=1S/C14H26N4O/c1-4-9-18-13(7-8-16-18)10-12(11-15)14(19)17(5-2)6-3/h7-8,12H,4-6,9-11,15H2,1-3H3. The van der Waals surface area contributed by atoms with Crippen LogP contribution in [0.3, 0.4) is 0 Å². The van der Waals surface area contributed by atoms with Crippen molar-refractivity contribution in [1.82, 2.24) is 14.7 Å². The highest BCUT2D eigenvalue weighted by molar-refractivity contribution is 5.79. The molecule has 0 bridgehead atoms. The third-order valence-electron chi connectivity index (χ3n) is 3.40. The number of nitrogens with zero attached hydrogens (tertiary/aromatic N) is 3. The molecule has 19 heavy (non-hydrogen) atoms. The summed E-state index contributed by atoms with van der Waals surface area (Å²) >= 11 is 0. The second-order valence-corrected chi connectivity index (χ2v) is 4.69. The van der Waals surface area contributed by atoms with E-state index in [0.29, 0.717) is 13.0 Å². The maximum atomic E-state index is 12.3. The van der Waals surface area contributed by atoms with Crippen molar-refractivity contribution >= 4 is 5.91 Å². The molecule has 0 spiro atoms. The highest BCUT2D eigenvalue weighted by atomic mass is 16.2. The average molecular weight is 266 g/mol. The van der Waals surface area contributed by atoms with E-state index < -0.39 is 0 Å². The first-order chi connectivity index (χ1) is 9.17. The van der Waals surface area contributed by atoms with E-state index in [1.54, 1.807) is 6.20 Å². The highest BCUT2D eigenvalue weighted by Gasteiger charge is 2.22. The molecular weight excluding hydrogens is 240 g/mol. The molecule has 1 unspecified atom stereocenters. The quantitative estimate of drug-likeness (QED) is 0.771. The molecule has 1 aromatic heterocycles. The van der Waals surface area contributed by atoms with E-state index >= 15 is 0 Å². The Morgan fingerprint density at radius 1 is 1.42 bits per heavy atom. The van der Waals surface area contributed by atoms with Crippen LogP contribution in [-0.2, 0) is 17.8 Å². The van der Waals surface area contributed by atoms with Crippen LogP contribution in [0.5, 0.6) is 0 Å². The van der Waals surface area contributed by atoms with E-state index in [9.17, 15) is 4.79 Å². The van der Waals surface area contributed by atoms with Crippen LogP contribution in [0.1, 0.15) is 32.9 Å². The monoisotopic (exact) mass is 266 g/mol. The van der Waals surface area contributed by atoms with Crippen molar-refractivity contribution in [1.29, 1.82) is 0 Å². The van der Waals surface area contributed by atoms with Gasteiger partial charge in [0, 0.05) is 44.5 Å².